The largest absolute Gasteiger partial charge is 0.468 e. The number of ether oxygens (including phenoxy) is 2. The van der Waals surface area contributed by atoms with E-state index in [4.69, 9.17) is 15.2 Å². The van der Waals surface area contributed by atoms with Gasteiger partial charge in [0, 0.05) is 11.4 Å². The third-order valence-corrected chi connectivity index (χ3v) is 4.29. The Bertz CT molecular complexity index is 593. The van der Waals surface area contributed by atoms with Gasteiger partial charge in [0.15, 0.2) is 0 Å². The number of rotatable bonds is 2. The van der Waals surface area contributed by atoms with Gasteiger partial charge in [0.25, 0.3) is 0 Å². The smallest absolute Gasteiger partial charge is 0.337 e. The van der Waals surface area contributed by atoms with Crippen LogP contribution >= 0.6 is 0 Å². The van der Waals surface area contributed by atoms with Crippen LogP contribution in [-0.4, -0.2) is 37.1 Å². The number of nitrogens with two attached hydrogens (primary N) is 1. The van der Waals surface area contributed by atoms with E-state index in [1.165, 1.54) is 19.1 Å². The van der Waals surface area contributed by atoms with Gasteiger partial charge in [0.05, 0.1) is 19.8 Å². The minimum Gasteiger partial charge on any atom is -0.468 e. The number of allylic oxidation sites excluding steroid dienone is 2. The Morgan fingerprint density at radius 2 is 1.91 bits per heavy atom. The topological polar surface area (TPSA) is 98.9 Å². The van der Waals surface area contributed by atoms with Crippen molar-refractivity contribution in [1.29, 1.82) is 0 Å². The minimum absolute atomic E-state index is 0.133. The van der Waals surface area contributed by atoms with Gasteiger partial charge in [-0.3, -0.25) is 9.69 Å². The van der Waals surface area contributed by atoms with Gasteiger partial charge < -0.3 is 15.2 Å². The molecule has 1 aliphatic heterocycles. The molecule has 7 heteroatoms. The van der Waals surface area contributed by atoms with Crippen molar-refractivity contribution in [2.24, 2.45) is 11.1 Å². The molecule has 2 amide bonds. The Hall–Kier alpha value is -2.31. The summed E-state index contributed by atoms with van der Waals surface area (Å²) in [6, 6.07) is -0.738. The number of urea groups is 1. The summed E-state index contributed by atoms with van der Waals surface area (Å²) in [5.74, 6) is -1.23. The summed E-state index contributed by atoms with van der Waals surface area (Å²) >= 11 is 0. The number of primary amides is 1. The van der Waals surface area contributed by atoms with E-state index in [0.29, 0.717) is 24.2 Å². The fraction of sp³-hybridized carbons (Fsp3) is 0.533. The molecule has 1 unspecified atom stereocenters. The fourth-order valence-corrected chi connectivity index (χ4v) is 3.40. The summed E-state index contributed by atoms with van der Waals surface area (Å²) < 4.78 is 9.78. The zero-order chi connectivity index (χ0) is 16.5. The number of esters is 2. The number of carbonyl (C=O) groups is 3. The molecule has 0 saturated heterocycles. The lowest BCUT2D eigenvalue weighted by molar-refractivity contribution is -0.152. The Morgan fingerprint density at radius 3 is 2.45 bits per heavy atom. The maximum absolute atomic E-state index is 12.6. The SMILES string of the molecule is COC(=O)C1=C(C)N(C(N)=O)C2=CCCCCC21C(=O)OC. The number of methoxy groups -OCH3 is 2. The molecule has 7 nitrogen and oxygen atoms in total. The molecule has 120 valence electrons. The lowest BCUT2D eigenvalue weighted by Gasteiger charge is -2.30. The van der Waals surface area contributed by atoms with Crippen molar-refractivity contribution >= 4 is 18.0 Å². The van der Waals surface area contributed by atoms with Crippen molar-refractivity contribution in [3.05, 3.63) is 23.0 Å². The van der Waals surface area contributed by atoms with Gasteiger partial charge in [-0.25, -0.2) is 9.59 Å². The molecule has 0 fully saturated rings. The zero-order valence-electron chi connectivity index (χ0n) is 13.0. The lowest BCUT2D eigenvalue weighted by atomic mass is 9.75. The normalized spacial score (nSPS) is 24.3. The Morgan fingerprint density at radius 1 is 1.23 bits per heavy atom. The van der Waals surface area contributed by atoms with E-state index in [0.717, 1.165) is 12.8 Å². The van der Waals surface area contributed by atoms with Crippen molar-refractivity contribution in [2.45, 2.75) is 32.6 Å². The molecule has 0 aromatic carbocycles. The molecule has 2 N–H and O–H groups in total. The van der Waals surface area contributed by atoms with Gasteiger partial charge in [0.1, 0.15) is 5.41 Å². The fourth-order valence-electron chi connectivity index (χ4n) is 3.40. The van der Waals surface area contributed by atoms with Crippen LogP contribution in [0.4, 0.5) is 4.79 Å². The molecule has 2 rings (SSSR count). The van der Waals surface area contributed by atoms with Crippen LogP contribution in [0.5, 0.6) is 0 Å². The summed E-state index contributed by atoms with van der Waals surface area (Å²) in [7, 11) is 2.50. The molecule has 0 saturated carbocycles. The molecule has 1 heterocycles. The van der Waals surface area contributed by atoms with Crippen LogP contribution in [0.1, 0.15) is 32.6 Å². The minimum atomic E-state index is -1.32. The highest BCUT2D eigenvalue weighted by Crippen LogP contribution is 2.53. The average Bonchev–Trinajstić information content (AvgIpc) is 2.62. The highest BCUT2D eigenvalue weighted by molar-refractivity contribution is 6.04. The van der Waals surface area contributed by atoms with Crippen LogP contribution in [0.15, 0.2) is 23.0 Å². The standard InChI is InChI=1S/C15H20N2O5/c1-9-11(12(18)21-2)15(13(19)22-3)8-6-4-5-7-10(15)17(9)14(16)20/h7H,4-6,8H2,1-3H3,(H2,16,20). The lowest BCUT2D eigenvalue weighted by Crippen LogP contribution is -2.41. The van der Waals surface area contributed by atoms with Gasteiger partial charge in [-0.05, 0) is 26.2 Å². The van der Waals surface area contributed by atoms with Crippen LogP contribution < -0.4 is 5.73 Å². The van der Waals surface area contributed by atoms with Crippen molar-refractivity contribution in [1.82, 2.24) is 4.90 Å². The molecule has 0 radical (unpaired) electrons. The third kappa shape index (κ3) is 2.08. The first-order valence-electron chi connectivity index (χ1n) is 7.10. The molecule has 0 spiro atoms. The molecule has 0 bridgehead atoms. The van der Waals surface area contributed by atoms with Crippen LogP contribution in [0.25, 0.3) is 0 Å². The number of fused-ring (bicyclic) bond motifs is 1. The maximum atomic E-state index is 12.6. The first-order chi connectivity index (χ1) is 10.4. The van der Waals surface area contributed by atoms with E-state index in [2.05, 4.69) is 0 Å². The highest BCUT2D eigenvalue weighted by atomic mass is 16.5. The molecule has 2 aliphatic rings. The molecular formula is C15H20N2O5. The summed E-state index contributed by atoms with van der Waals surface area (Å²) in [6.45, 7) is 1.58. The van der Waals surface area contributed by atoms with Crippen LogP contribution in [0.3, 0.4) is 0 Å². The first-order valence-corrected chi connectivity index (χ1v) is 7.10. The number of nitrogens with zero attached hydrogens (tertiary/aromatic N) is 1. The van der Waals surface area contributed by atoms with E-state index in [9.17, 15) is 14.4 Å². The van der Waals surface area contributed by atoms with Gasteiger partial charge in [-0.1, -0.05) is 12.5 Å². The van der Waals surface area contributed by atoms with Crippen LogP contribution in [-0.2, 0) is 19.1 Å². The maximum Gasteiger partial charge on any atom is 0.337 e. The molecular weight excluding hydrogens is 288 g/mol. The van der Waals surface area contributed by atoms with Gasteiger partial charge in [-0.2, -0.15) is 0 Å². The quantitative estimate of drug-likeness (QED) is 0.778. The van der Waals surface area contributed by atoms with E-state index >= 15 is 0 Å². The predicted octanol–water partition coefficient (Wildman–Crippen LogP) is 1.45. The summed E-state index contributed by atoms with van der Waals surface area (Å²) in [5.41, 5.74) is 4.99. The highest BCUT2D eigenvalue weighted by Gasteiger charge is 2.58. The second-order valence-electron chi connectivity index (χ2n) is 5.36. The Kier molecular flexibility index (Phi) is 4.25. The van der Waals surface area contributed by atoms with E-state index in [1.807, 2.05) is 0 Å². The third-order valence-electron chi connectivity index (χ3n) is 4.29. The van der Waals surface area contributed by atoms with Gasteiger partial charge in [-0.15, -0.1) is 0 Å². The van der Waals surface area contributed by atoms with E-state index in [1.54, 1.807) is 13.0 Å². The monoisotopic (exact) mass is 308 g/mol. The zero-order valence-corrected chi connectivity index (χ0v) is 13.0. The number of hydrogen-bond donors (Lipinski definition) is 1. The molecule has 1 aliphatic carbocycles. The Balaban J connectivity index is 2.76. The van der Waals surface area contributed by atoms with Gasteiger partial charge >= 0.3 is 18.0 Å². The van der Waals surface area contributed by atoms with Crippen molar-refractivity contribution in [3.63, 3.8) is 0 Å². The van der Waals surface area contributed by atoms with Crippen LogP contribution in [0.2, 0.25) is 0 Å². The van der Waals surface area contributed by atoms with Crippen molar-refractivity contribution in [3.8, 4) is 0 Å². The molecule has 0 aromatic rings. The van der Waals surface area contributed by atoms with Crippen molar-refractivity contribution in [2.75, 3.05) is 14.2 Å². The van der Waals surface area contributed by atoms with E-state index < -0.39 is 23.4 Å². The number of carbonyl (C=O) groups excluding carboxylic acids is 3. The Labute approximate surface area is 128 Å². The summed E-state index contributed by atoms with van der Waals surface area (Å²) in [5, 5.41) is 0. The summed E-state index contributed by atoms with van der Waals surface area (Å²) in [6.07, 6.45) is 4.42. The van der Waals surface area contributed by atoms with Gasteiger partial charge in [0.2, 0.25) is 0 Å². The number of amides is 2. The van der Waals surface area contributed by atoms with E-state index in [-0.39, 0.29) is 5.57 Å². The predicted molar refractivity (Wildman–Crippen MR) is 77.1 cm³/mol. The number of hydrogen-bond acceptors (Lipinski definition) is 5. The summed E-state index contributed by atoms with van der Waals surface area (Å²) in [4.78, 5) is 37.9. The van der Waals surface area contributed by atoms with Crippen molar-refractivity contribution < 1.29 is 23.9 Å². The second-order valence-corrected chi connectivity index (χ2v) is 5.36. The first kappa shape index (κ1) is 16.1. The van der Waals surface area contributed by atoms with Crippen LogP contribution in [0, 0.1) is 5.41 Å². The molecule has 22 heavy (non-hydrogen) atoms. The molecule has 1 atom stereocenters. The second kappa shape index (κ2) is 5.82. The average molecular weight is 308 g/mol. The molecule has 0 aromatic heterocycles.